The topological polar surface area (TPSA) is 61.7 Å². The third-order valence-electron chi connectivity index (χ3n) is 2.78. The third-order valence-corrected chi connectivity index (χ3v) is 2.78. The fraction of sp³-hybridized carbons (Fsp3) is 0.125. The molecular formula is C16H16N2O2. The molecule has 2 rings (SSSR count). The highest BCUT2D eigenvalue weighted by Gasteiger charge is 2.04. The van der Waals surface area contributed by atoms with Crippen LogP contribution in [0.25, 0.3) is 0 Å². The van der Waals surface area contributed by atoms with Crippen molar-refractivity contribution < 1.29 is 9.90 Å². The lowest BCUT2D eigenvalue weighted by atomic mass is 10.1. The summed E-state index contributed by atoms with van der Waals surface area (Å²) in [6.45, 7) is 1.87. The van der Waals surface area contributed by atoms with Crippen molar-refractivity contribution in [3.8, 4) is 5.75 Å². The molecule has 0 fully saturated rings. The Hall–Kier alpha value is -2.62. The second-order valence-corrected chi connectivity index (χ2v) is 4.50. The number of carbonyl (C=O) groups excluding carboxylic acids is 1. The van der Waals surface area contributed by atoms with Crippen molar-refractivity contribution in [2.75, 3.05) is 0 Å². The van der Waals surface area contributed by atoms with Crippen molar-refractivity contribution in [3.05, 3.63) is 65.7 Å². The summed E-state index contributed by atoms with van der Waals surface area (Å²) in [5.74, 6) is -0.164. The fourth-order valence-corrected chi connectivity index (χ4v) is 1.75. The Kier molecular flexibility index (Phi) is 4.50. The number of hydrogen-bond acceptors (Lipinski definition) is 3. The van der Waals surface area contributed by atoms with Gasteiger partial charge in [0, 0.05) is 17.7 Å². The first-order valence-corrected chi connectivity index (χ1v) is 6.31. The van der Waals surface area contributed by atoms with Gasteiger partial charge in [0.2, 0.25) is 0 Å². The molecule has 0 saturated carbocycles. The van der Waals surface area contributed by atoms with Crippen molar-refractivity contribution in [3.63, 3.8) is 0 Å². The number of aromatic hydroxyl groups is 1. The number of hydrazone groups is 1. The highest BCUT2D eigenvalue weighted by molar-refractivity contribution is 5.95. The van der Waals surface area contributed by atoms with Gasteiger partial charge in [-0.1, -0.05) is 30.3 Å². The van der Waals surface area contributed by atoms with Gasteiger partial charge in [0.15, 0.2) is 0 Å². The summed E-state index contributed by atoms with van der Waals surface area (Å²) < 4.78 is 0. The molecule has 1 amide bonds. The van der Waals surface area contributed by atoms with Gasteiger partial charge in [-0.2, -0.15) is 5.10 Å². The standard InChI is InChI=1S/C16H16N2O2/c1-12(11-13-5-3-2-4-6-13)17-18-16(20)14-7-9-15(19)10-8-14/h2-10,19H,11H2,1H3,(H,18,20)/b17-12+. The summed E-state index contributed by atoms with van der Waals surface area (Å²) in [6.07, 6.45) is 0.691. The fourth-order valence-electron chi connectivity index (χ4n) is 1.75. The molecule has 0 radical (unpaired) electrons. The van der Waals surface area contributed by atoms with Gasteiger partial charge >= 0.3 is 0 Å². The molecule has 0 unspecified atom stereocenters. The molecule has 102 valence electrons. The van der Waals surface area contributed by atoms with Crippen molar-refractivity contribution in [2.45, 2.75) is 13.3 Å². The predicted octanol–water partition coefficient (Wildman–Crippen LogP) is 2.74. The van der Waals surface area contributed by atoms with E-state index in [2.05, 4.69) is 10.5 Å². The van der Waals surface area contributed by atoms with Crippen LogP contribution in [0.2, 0.25) is 0 Å². The largest absolute Gasteiger partial charge is 0.508 e. The van der Waals surface area contributed by atoms with Gasteiger partial charge in [0.05, 0.1) is 0 Å². The lowest BCUT2D eigenvalue weighted by Crippen LogP contribution is -2.19. The Balaban J connectivity index is 1.94. The monoisotopic (exact) mass is 268 g/mol. The molecule has 2 N–H and O–H groups in total. The van der Waals surface area contributed by atoms with Crippen LogP contribution in [0, 0.1) is 0 Å². The summed E-state index contributed by atoms with van der Waals surface area (Å²) >= 11 is 0. The van der Waals surface area contributed by atoms with E-state index in [1.807, 2.05) is 37.3 Å². The maximum Gasteiger partial charge on any atom is 0.271 e. The van der Waals surface area contributed by atoms with Crippen LogP contribution in [0.15, 0.2) is 59.7 Å². The average molecular weight is 268 g/mol. The molecule has 0 heterocycles. The first-order valence-electron chi connectivity index (χ1n) is 6.31. The van der Waals surface area contributed by atoms with Crippen LogP contribution in [0.4, 0.5) is 0 Å². The van der Waals surface area contributed by atoms with Crippen molar-refractivity contribution in [1.29, 1.82) is 0 Å². The van der Waals surface area contributed by atoms with Crippen LogP contribution in [-0.4, -0.2) is 16.7 Å². The van der Waals surface area contributed by atoms with E-state index in [1.165, 1.54) is 12.1 Å². The molecule has 0 aromatic heterocycles. The second-order valence-electron chi connectivity index (χ2n) is 4.50. The first-order chi connectivity index (χ1) is 9.65. The molecule has 0 atom stereocenters. The molecule has 4 heteroatoms. The normalized spacial score (nSPS) is 11.2. The number of carbonyl (C=O) groups is 1. The highest BCUT2D eigenvalue weighted by Crippen LogP contribution is 2.09. The van der Waals surface area contributed by atoms with Crippen LogP contribution in [-0.2, 0) is 6.42 Å². The van der Waals surface area contributed by atoms with Gasteiger partial charge in [-0.3, -0.25) is 4.79 Å². The van der Waals surface area contributed by atoms with E-state index in [1.54, 1.807) is 12.1 Å². The smallest absolute Gasteiger partial charge is 0.271 e. The van der Waals surface area contributed by atoms with Crippen LogP contribution < -0.4 is 5.43 Å². The summed E-state index contributed by atoms with van der Waals surface area (Å²) in [5, 5.41) is 13.2. The van der Waals surface area contributed by atoms with Gasteiger partial charge in [-0.25, -0.2) is 5.43 Å². The molecule has 0 aliphatic heterocycles. The summed E-state index contributed by atoms with van der Waals surface area (Å²) in [6, 6.07) is 16.0. The Morgan fingerprint density at radius 2 is 1.75 bits per heavy atom. The van der Waals surface area contributed by atoms with Crippen LogP contribution in [0.3, 0.4) is 0 Å². The second kappa shape index (κ2) is 6.52. The average Bonchev–Trinajstić information content (AvgIpc) is 2.46. The minimum absolute atomic E-state index is 0.130. The number of rotatable bonds is 4. The van der Waals surface area contributed by atoms with Crippen molar-refractivity contribution in [2.24, 2.45) is 5.10 Å². The number of benzene rings is 2. The minimum atomic E-state index is -0.294. The van der Waals surface area contributed by atoms with Gasteiger partial charge in [0.25, 0.3) is 5.91 Å². The zero-order valence-electron chi connectivity index (χ0n) is 11.2. The van der Waals surface area contributed by atoms with Gasteiger partial charge in [-0.05, 0) is 36.8 Å². The number of hydrogen-bond donors (Lipinski definition) is 2. The Bertz CT molecular complexity index is 604. The molecule has 4 nitrogen and oxygen atoms in total. The first kappa shape index (κ1) is 13.8. The zero-order chi connectivity index (χ0) is 14.4. The number of amides is 1. The summed E-state index contributed by atoms with van der Waals surface area (Å²) in [5.41, 5.74) is 4.93. The Labute approximate surface area is 117 Å². The van der Waals surface area contributed by atoms with Crippen LogP contribution in [0.5, 0.6) is 5.75 Å². The third kappa shape index (κ3) is 3.95. The quantitative estimate of drug-likeness (QED) is 0.661. The lowest BCUT2D eigenvalue weighted by Gasteiger charge is -2.03. The minimum Gasteiger partial charge on any atom is -0.508 e. The SMILES string of the molecule is C/C(Cc1ccccc1)=N\NC(=O)c1ccc(O)cc1. The van der Waals surface area contributed by atoms with Gasteiger partial charge in [-0.15, -0.1) is 0 Å². The summed E-state index contributed by atoms with van der Waals surface area (Å²) in [4.78, 5) is 11.8. The maximum absolute atomic E-state index is 11.8. The molecule has 0 aliphatic rings. The van der Waals surface area contributed by atoms with Crippen molar-refractivity contribution >= 4 is 11.6 Å². The van der Waals surface area contributed by atoms with E-state index < -0.39 is 0 Å². The number of nitrogens with zero attached hydrogens (tertiary/aromatic N) is 1. The molecule has 0 saturated heterocycles. The molecular weight excluding hydrogens is 252 g/mol. The molecule has 0 spiro atoms. The highest BCUT2D eigenvalue weighted by atomic mass is 16.3. The molecule has 0 aliphatic carbocycles. The Morgan fingerprint density at radius 3 is 2.40 bits per heavy atom. The zero-order valence-corrected chi connectivity index (χ0v) is 11.2. The molecule has 20 heavy (non-hydrogen) atoms. The van der Waals surface area contributed by atoms with E-state index in [0.717, 1.165) is 11.3 Å². The number of nitrogens with one attached hydrogen (secondary N) is 1. The molecule has 0 bridgehead atoms. The Morgan fingerprint density at radius 1 is 1.10 bits per heavy atom. The van der Waals surface area contributed by atoms with Crippen molar-refractivity contribution in [1.82, 2.24) is 5.43 Å². The van der Waals surface area contributed by atoms with E-state index >= 15 is 0 Å². The van der Waals surface area contributed by atoms with E-state index in [4.69, 9.17) is 5.11 Å². The number of phenolic OH excluding ortho intramolecular Hbond substituents is 1. The molecule has 2 aromatic rings. The van der Waals surface area contributed by atoms with E-state index in [-0.39, 0.29) is 11.7 Å². The van der Waals surface area contributed by atoms with Crippen LogP contribution in [0.1, 0.15) is 22.8 Å². The molecule has 2 aromatic carbocycles. The number of phenols is 1. The van der Waals surface area contributed by atoms with Crippen LogP contribution >= 0.6 is 0 Å². The maximum atomic E-state index is 11.8. The van der Waals surface area contributed by atoms with Gasteiger partial charge in [0.1, 0.15) is 5.75 Å². The predicted molar refractivity (Wildman–Crippen MR) is 78.8 cm³/mol. The lowest BCUT2D eigenvalue weighted by molar-refractivity contribution is 0.0954. The van der Waals surface area contributed by atoms with E-state index in [0.29, 0.717) is 12.0 Å². The van der Waals surface area contributed by atoms with E-state index in [9.17, 15) is 4.79 Å². The summed E-state index contributed by atoms with van der Waals surface area (Å²) in [7, 11) is 0. The van der Waals surface area contributed by atoms with Gasteiger partial charge < -0.3 is 5.11 Å².